The van der Waals surface area contributed by atoms with Crippen LogP contribution < -0.4 is 16.0 Å². The first-order valence-electron chi connectivity index (χ1n) is 14.3. The minimum atomic E-state index is -0.535. The number of aromatic nitrogens is 3. The molecule has 0 saturated carbocycles. The van der Waals surface area contributed by atoms with Gasteiger partial charge in [0, 0.05) is 30.0 Å². The van der Waals surface area contributed by atoms with Crippen LogP contribution in [-0.4, -0.2) is 63.1 Å². The largest absolute Gasteiger partial charge is 0.351 e. The van der Waals surface area contributed by atoms with Gasteiger partial charge >= 0.3 is 0 Å². The molecule has 4 heterocycles. The third-order valence-electron chi connectivity index (χ3n) is 7.04. The maximum Gasteiger partial charge on any atom is 0.272 e. The monoisotopic (exact) mass is 631 g/mol. The number of fused-ring (bicyclic) bond motifs is 4. The third-order valence-corrected chi connectivity index (χ3v) is 8.93. The van der Waals surface area contributed by atoms with Gasteiger partial charge in [0.2, 0.25) is 5.91 Å². The van der Waals surface area contributed by atoms with E-state index in [-0.39, 0.29) is 60.4 Å². The fourth-order valence-electron chi connectivity index (χ4n) is 4.74. The standard InChI is InChI=1S/C31H33N7O4S2/c1-19(2)26-30-36-23(17-44-30)27(40)33-13-8-14-38(31(42)21-11-6-7-12-32-21)16-25(39)34-22(15-20-9-4-3-5-10-20)29-35-24(18-43-29)28(41)37-26/h3-7,9-12,17-19,22,26H,8,13-16H2,1-2H3,(H,33,40)(H,34,39)(H,37,41)/t22-,26-/m0/s1. The van der Waals surface area contributed by atoms with Crippen LogP contribution in [0.2, 0.25) is 0 Å². The van der Waals surface area contributed by atoms with Crippen molar-refractivity contribution in [3.63, 3.8) is 0 Å². The van der Waals surface area contributed by atoms with Gasteiger partial charge in [-0.05, 0) is 36.5 Å². The molecule has 228 valence electrons. The first kappa shape index (κ1) is 31.0. The second-order valence-electron chi connectivity index (χ2n) is 10.7. The van der Waals surface area contributed by atoms with Crippen LogP contribution in [0, 0.1) is 5.92 Å². The topological polar surface area (TPSA) is 146 Å². The smallest absolute Gasteiger partial charge is 0.272 e. The van der Waals surface area contributed by atoms with Gasteiger partial charge in [-0.25, -0.2) is 9.97 Å². The lowest BCUT2D eigenvalue weighted by Crippen LogP contribution is -2.43. The van der Waals surface area contributed by atoms with Gasteiger partial charge in [0.15, 0.2) is 0 Å². The third kappa shape index (κ3) is 7.71. The number of amides is 4. The molecular weight excluding hydrogens is 599 g/mol. The maximum absolute atomic E-state index is 13.5. The zero-order chi connectivity index (χ0) is 31.1. The Kier molecular flexibility index (Phi) is 10.1. The van der Waals surface area contributed by atoms with Crippen LogP contribution in [-0.2, 0) is 11.2 Å². The molecule has 44 heavy (non-hydrogen) atoms. The molecule has 4 aromatic rings. The molecule has 0 spiro atoms. The molecule has 3 N–H and O–H groups in total. The normalized spacial score (nSPS) is 18.4. The van der Waals surface area contributed by atoms with Gasteiger partial charge < -0.3 is 20.9 Å². The van der Waals surface area contributed by atoms with E-state index in [9.17, 15) is 19.2 Å². The Balaban J connectivity index is 1.47. The molecular formula is C31H33N7O4S2. The molecule has 0 aliphatic carbocycles. The summed E-state index contributed by atoms with van der Waals surface area (Å²) in [7, 11) is 0. The molecule has 3 aromatic heterocycles. The number of rotatable bonds is 4. The molecule has 0 saturated heterocycles. The first-order valence-corrected chi connectivity index (χ1v) is 16.1. The molecule has 1 aromatic carbocycles. The number of benzene rings is 1. The fraction of sp³-hybridized carbons (Fsp3) is 0.323. The Labute approximate surface area is 263 Å². The van der Waals surface area contributed by atoms with Crippen molar-refractivity contribution in [3.05, 3.63) is 98.1 Å². The predicted octanol–water partition coefficient (Wildman–Crippen LogP) is 3.80. The van der Waals surface area contributed by atoms with Gasteiger partial charge in [-0.1, -0.05) is 50.2 Å². The fourth-order valence-corrected chi connectivity index (χ4v) is 6.62. The second-order valence-corrected chi connectivity index (χ2v) is 12.5. The molecule has 0 radical (unpaired) electrons. The van der Waals surface area contributed by atoms with Crippen molar-refractivity contribution in [2.45, 2.75) is 38.8 Å². The minimum absolute atomic E-state index is 0.000896. The number of nitrogens with zero attached hydrogens (tertiary/aromatic N) is 4. The molecule has 13 heteroatoms. The number of pyridine rings is 1. The summed E-state index contributed by atoms with van der Waals surface area (Å²) < 4.78 is 0. The van der Waals surface area contributed by atoms with E-state index in [0.717, 1.165) is 5.56 Å². The summed E-state index contributed by atoms with van der Waals surface area (Å²) in [6, 6.07) is 13.7. The highest BCUT2D eigenvalue weighted by molar-refractivity contribution is 7.10. The van der Waals surface area contributed by atoms with Crippen molar-refractivity contribution in [1.82, 2.24) is 35.8 Å². The molecule has 11 nitrogen and oxygen atoms in total. The lowest BCUT2D eigenvalue weighted by molar-refractivity contribution is -0.122. The van der Waals surface area contributed by atoms with E-state index in [1.54, 1.807) is 29.0 Å². The van der Waals surface area contributed by atoms with E-state index >= 15 is 0 Å². The van der Waals surface area contributed by atoms with E-state index in [2.05, 4.69) is 30.9 Å². The lowest BCUT2D eigenvalue weighted by Gasteiger charge is -2.24. The molecule has 1 aliphatic heterocycles. The van der Waals surface area contributed by atoms with Crippen LogP contribution in [0.3, 0.4) is 0 Å². The molecule has 5 rings (SSSR count). The van der Waals surface area contributed by atoms with Crippen LogP contribution >= 0.6 is 22.7 Å². The minimum Gasteiger partial charge on any atom is -0.351 e. The molecule has 4 bridgehead atoms. The van der Waals surface area contributed by atoms with E-state index in [1.165, 1.54) is 33.8 Å². The summed E-state index contributed by atoms with van der Waals surface area (Å²) in [6.07, 6.45) is 2.37. The summed E-state index contributed by atoms with van der Waals surface area (Å²) in [5.74, 6) is -1.50. The number of carbonyl (C=O) groups excluding carboxylic acids is 4. The van der Waals surface area contributed by atoms with Gasteiger partial charge in [-0.3, -0.25) is 24.2 Å². The summed E-state index contributed by atoms with van der Waals surface area (Å²) in [5.41, 5.74) is 1.67. The van der Waals surface area contributed by atoms with Crippen LogP contribution in [0.5, 0.6) is 0 Å². The molecule has 0 unspecified atom stereocenters. The summed E-state index contributed by atoms with van der Waals surface area (Å²) in [6.45, 7) is 4.19. The van der Waals surface area contributed by atoms with E-state index < -0.39 is 18.0 Å². The van der Waals surface area contributed by atoms with Crippen LogP contribution in [0.25, 0.3) is 0 Å². The highest BCUT2D eigenvalue weighted by Gasteiger charge is 2.27. The Hall–Kier alpha value is -4.49. The average Bonchev–Trinajstić information content (AvgIpc) is 3.72. The van der Waals surface area contributed by atoms with Gasteiger partial charge in [-0.15, -0.1) is 22.7 Å². The van der Waals surface area contributed by atoms with Gasteiger partial charge in [0.1, 0.15) is 27.1 Å². The Bertz CT molecular complexity index is 1610. The predicted molar refractivity (Wildman–Crippen MR) is 167 cm³/mol. The molecule has 2 atom stereocenters. The van der Waals surface area contributed by atoms with Gasteiger partial charge in [0.05, 0.1) is 18.6 Å². The van der Waals surface area contributed by atoms with E-state index in [4.69, 9.17) is 0 Å². The number of hydrogen-bond acceptors (Lipinski definition) is 9. The van der Waals surface area contributed by atoms with Crippen molar-refractivity contribution < 1.29 is 19.2 Å². The van der Waals surface area contributed by atoms with E-state index in [0.29, 0.717) is 22.9 Å². The van der Waals surface area contributed by atoms with Gasteiger partial charge in [-0.2, -0.15) is 0 Å². The Morgan fingerprint density at radius 1 is 0.932 bits per heavy atom. The molecule has 1 aliphatic rings. The second kappa shape index (κ2) is 14.3. The summed E-state index contributed by atoms with van der Waals surface area (Å²) in [4.78, 5) is 67.8. The van der Waals surface area contributed by atoms with E-state index in [1.807, 2.05) is 44.2 Å². The van der Waals surface area contributed by atoms with Crippen molar-refractivity contribution in [2.24, 2.45) is 5.92 Å². The first-order chi connectivity index (χ1) is 21.3. The summed E-state index contributed by atoms with van der Waals surface area (Å²) in [5, 5.41) is 13.4. The lowest BCUT2D eigenvalue weighted by atomic mass is 10.0. The highest BCUT2D eigenvalue weighted by atomic mass is 32.1. The van der Waals surface area contributed by atoms with Crippen molar-refractivity contribution >= 4 is 46.3 Å². The van der Waals surface area contributed by atoms with Crippen molar-refractivity contribution in [1.29, 1.82) is 0 Å². The maximum atomic E-state index is 13.5. The number of hydrogen-bond donors (Lipinski definition) is 3. The summed E-state index contributed by atoms with van der Waals surface area (Å²) >= 11 is 2.59. The number of thiazole rings is 2. The molecule has 4 amide bonds. The average molecular weight is 632 g/mol. The SMILES string of the molecule is CC(C)[C@@H]1NC(=O)c2csc(n2)[C@H](Cc2ccccc2)NC(=O)CN(C(=O)c2ccccn2)CCCNC(=O)c2csc1n2. The van der Waals surface area contributed by atoms with Crippen LogP contribution in [0.15, 0.2) is 65.5 Å². The van der Waals surface area contributed by atoms with Crippen molar-refractivity contribution in [2.75, 3.05) is 19.6 Å². The molecule has 0 fully saturated rings. The Morgan fingerprint density at radius 3 is 2.36 bits per heavy atom. The zero-order valence-electron chi connectivity index (χ0n) is 24.4. The van der Waals surface area contributed by atoms with Crippen LogP contribution in [0.1, 0.15) is 79.4 Å². The quantitative estimate of drug-likeness (QED) is 0.311. The zero-order valence-corrected chi connectivity index (χ0v) is 26.0. The number of carbonyl (C=O) groups is 4. The Morgan fingerprint density at radius 2 is 1.64 bits per heavy atom. The van der Waals surface area contributed by atoms with Crippen molar-refractivity contribution in [3.8, 4) is 0 Å². The van der Waals surface area contributed by atoms with Gasteiger partial charge in [0.25, 0.3) is 17.7 Å². The highest BCUT2D eigenvalue weighted by Crippen LogP contribution is 2.27. The number of nitrogens with one attached hydrogen (secondary N) is 3. The van der Waals surface area contributed by atoms with Crippen LogP contribution in [0.4, 0.5) is 0 Å².